The molecule has 17 heteroatoms. The van der Waals surface area contributed by atoms with Crippen LogP contribution in [0.5, 0.6) is 0 Å². The molecule has 10 unspecified atom stereocenters. The first-order chi connectivity index (χ1) is 26.2. The van der Waals surface area contributed by atoms with Crippen LogP contribution in [0.2, 0.25) is 0 Å². The molecule has 0 bridgehead atoms. The minimum Gasteiger partial charge on any atom is -0.471 e. The maximum atomic E-state index is 13.3. The number of carbonyl (C=O) groups excluding carboxylic acids is 6. The number of nitrogens with one attached hydrogen (secondary N) is 1. The number of rotatable bonds is 12. The van der Waals surface area contributed by atoms with E-state index in [1.54, 1.807) is 7.05 Å². The Hall–Kier alpha value is -5.26. The first-order valence-corrected chi connectivity index (χ1v) is 17.6. The molecular formula is C38H46N2O15. The van der Waals surface area contributed by atoms with Crippen LogP contribution >= 0.6 is 0 Å². The topological polar surface area (TPSA) is 205 Å². The summed E-state index contributed by atoms with van der Waals surface area (Å²) in [5.74, 6) is -5.75. The van der Waals surface area contributed by atoms with Gasteiger partial charge in [0.05, 0.1) is 32.1 Å². The van der Waals surface area contributed by atoms with Crippen LogP contribution in [0.15, 0.2) is 48.8 Å². The molecule has 0 saturated carbocycles. The number of fused-ring (bicyclic) bond motifs is 3. The minimum absolute atomic E-state index is 0.153. The molecular weight excluding hydrogens is 724 g/mol. The van der Waals surface area contributed by atoms with Crippen LogP contribution in [0, 0.1) is 11.8 Å². The second-order valence-electron chi connectivity index (χ2n) is 13.4. The van der Waals surface area contributed by atoms with Gasteiger partial charge in [0.25, 0.3) is 0 Å². The largest absolute Gasteiger partial charge is 0.471 e. The summed E-state index contributed by atoms with van der Waals surface area (Å²) in [5, 5.41) is 0.949. The number of methoxy groups -OCH3 is 2. The van der Waals surface area contributed by atoms with E-state index in [1.807, 2.05) is 29.2 Å². The molecule has 3 aliphatic heterocycles. The van der Waals surface area contributed by atoms with Gasteiger partial charge >= 0.3 is 35.8 Å². The maximum Gasteiger partial charge on any atom is 0.337 e. The van der Waals surface area contributed by atoms with E-state index in [0.717, 1.165) is 49.9 Å². The average molecular weight is 771 g/mol. The molecule has 3 aliphatic rings. The van der Waals surface area contributed by atoms with Gasteiger partial charge in [0, 0.05) is 62.5 Å². The lowest BCUT2D eigenvalue weighted by molar-refractivity contribution is -0.342. The lowest BCUT2D eigenvalue weighted by Gasteiger charge is -2.46. The Morgan fingerprint density at radius 1 is 0.891 bits per heavy atom. The van der Waals surface area contributed by atoms with Crippen molar-refractivity contribution in [3.63, 3.8) is 0 Å². The summed E-state index contributed by atoms with van der Waals surface area (Å²) in [4.78, 5) is 80.7. The first kappa shape index (κ1) is 40.9. The fraction of sp³-hybridized carbons (Fsp3) is 0.526. The van der Waals surface area contributed by atoms with Crippen molar-refractivity contribution in [2.45, 2.75) is 89.6 Å². The summed E-state index contributed by atoms with van der Waals surface area (Å²) in [6.07, 6.45) is -5.23. The van der Waals surface area contributed by atoms with E-state index in [-0.39, 0.29) is 12.0 Å². The zero-order valence-electron chi connectivity index (χ0n) is 31.6. The summed E-state index contributed by atoms with van der Waals surface area (Å²) >= 11 is 0. The van der Waals surface area contributed by atoms with Gasteiger partial charge in [-0.25, -0.2) is 4.79 Å². The fourth-order valence-corrected chi connectivity index (χ4v) is 7.54. The monoisotopic (exact) mass is 770 g/mol. The van der Waals surface area contributed by atoms with Gasteiger partial charge in [-0.2, -0.15) is 0 Å². The summed E-state index contributed by atoms with van der Waals surface area (Å²) < 4.78 is 50.7. The summed E-state index contributed by atoms with van der Waals surface area (Å²) in [6, 6.07) is 6.59. The third kappa shape index (κ3) is 8.84. The van der Waals surface area contributed by atoms with E-state index in [1.165, 1.54) is 26.6 Å². The lowest BCUT2D eigenvalue weighted by atomic mass is 9.77. The van der Waals surface area contributed by atoms with Crippen molar-refractivity contribution < 1.29 is 71.4 Å². The normalized spacial score (nSPS) is 29.0. The second kappa shape index (κ2) is 17.5. The Morgan fingerprint density at radius 2 is 1.55 bits per heavy atom. The highest BCUT2D eigenvalue weighted by Crippen LogP contribution is 2.45. The predicted molar refractivity (Wildman–Crippen MR) is 188 cm³/mol. The molecule has 0 radical (unpaired) electrons. The van der Waals surface area contributed by atoms with Crippen LogP contribution < -0.4 is 0 Å². The number of para-hydroxylation sites is 1. The maximum absolute atomic E-state index is 13.3. The number of ether oxygens (including phenoxy) is 9. The van der Waals surface area contributed by atoms with E-state index in [4.69, 9.17) is 42.6 Å². The Labute approximate surface area is 317 Å². The Morgan fingerprint density at radius 3 is 2.16 bits per heavy atom. The quantitative estimate of drug-likeness (QED) is 0.187. The van der Waals surface area contributed by atoms with E-state index in [2.05, 4.69) is 11.6 Å². The molecule has 10 atom stereocenters. The van der Waals surface area contributed by atoms with Crippen molar-refractivity contribution in [3.8, 4) is 0 Å². The number of hydrogen-bond acceptors (Lipinski definition) is 16. The molecule has 5 rings (SSSR count). The van der Waals surface area contributed by atoms with Gasteiger partial charge < -0.3 is 47.6 Å². The SMILES string of the molecule is C=CC1C(OC2OC(COC(C)=O)C(OC(C)=O)C(OC(C)=O)C2OC(C)=O)OC=C(C(=O)OC)C1CC1c2[nH]c3ccccc3c2CC(C(=O)OC)N1C. The Bertz CT molecular complexity index is 1840. The number of aromatic nitrogens is 1. The number of nitrogens with zero attached hydrogens (tertiary/aromatic N) is 1. The molecule has 1 aromatic carbocycles. The molecule has 4 heterocycles. The summed E-state index contributed by atoms with van der Waals surface area (Å²) in [5.41, 5.74) is 2.81. The van der Waals surface area contributed by atoms with Crippen LogP contribution in [0.25, 0.3) is 10.9 Å². The van der Waals surface area contributed by atoms with Crippen molar-refractivity contribution in [3.05, 3.63) is 60.0 Å². The fourth-order valence-electron chi connectivity index (χ4n) is 7.54. The average Bonchev–Trinajstić information content (AvgIpc) is 3.51. The molecule has 0 spiro atoms. The lowest BCUT2D eigenvalue weighted by Crippen LogP contribution is -2.63. The van der Waals surface area contributed by atoms with E-state index >= 15 is 0 Å². The highest BCUT2D eigenvalue weighted by Gasteiger charge is 2.55. The van der Waals surface area contributed by atoms with Crippen molar-refractivity contribution >= 4 is 46.7 Å². The van der Waals surface area contributed by atoms with Crippen LogP contribution in [0.1, 0.15) is 51.4 Å². The molecule has 1 N–H and O–H groups in total. The minimum atomic E-state index is -1.58. The zero-order chi connectivity index (χ0) is 40.1. The Balaban J connectivity index is 1.55. The third-order valence-electron chi connectivity index (χ3n) is 9.93. The number of hydrogen-bond donors (Lipinski definition) is 1. The molecule has 0 amide bonds. The first-order valence-electron chi connectivity index (χ1n) is 17.6. The zero-order valence-corrected chi connectivity index (χ0v) is 31.6. The van der Waals surface area contributed by atoms with Gasteiger partial charge in [-0.3, -0.25) is 28.9 Å². The second-order valence-corrected chi connectivity index (χ2v) is 13.4. The van der Waals surface area contributed by atoms with Gasteiger partial charge in [-0.05, 0) is 25.1 Å². The molecule has 0 aliphatic carbocycles. The van der Waals surface area contributed by atoms with Gasteiger partial charge in [0.15, 0.2) is 18.3 Å². The van der Waals surface area contributed by atoms with Crippen LogP contribution in [0.4, 0.5) is 0 Å². The van der Waals surface area contributed by atoms with Crippen molar-refractivity contribution in [1.29, 1.82) is 0 Å². The van der Waals surface area contributed by atoms with E-state index in [0.29, 0.717) is 6.42 Å². The highest BCUT2D eigenvalue weighted by molar-refractivity contribution is 5.89. The van der Waals surface area contributed by atoms with Crippen LogP contribution in [-0.4, -0.2) is 117 Å². The Kier molecular flexibility index (Phi) is 13.0. The molecule has 55 heavy (non-hydrogen) atoms. The molecule has 298 valence electrons. The molecule has 1 aromatic heterocycles. The molecule has 1 saturated heterocycles. The smallest absolute Gasteiger partial charge is 0.337 e. The summed E-state index contributed by atoms with van der Waals surface area (Å²) in [7, 11) is 4.37. The van der Waals surface area contributed by atoms with Gasteiger partial charge in [0.2, 0.25) is 12.6 Å². The van der Waals surface area contributed by atoms with Crippen LogP contribution in [0.3, 0.4) is 0 Å². The van der Waals surface area contributed by atoms with Gasteiger partial charge in [0.1, 0.15) is 18.8 Å². The van der Waals surface area contributed by atoms with Gasteiger partial charge in [-0.15, -0.1) is 6.58 Å². The van der Waals surface area contributed by atoms with Crippen molar-refractivity contribution in [2.24, 2.45) is 11.8 Å². The van der Waals surface area contributed by atoms with E-state index < -0.39 is 103 Å². The molecule has 17 nitrogen and oxygen atoms in total. The third-order valence-corrected chi connectivity index (χ3v) is 9.93. The van der Waals surface area contributed by atoms with Crippen molar-refractivity contribution in [2.75, 3.05) is 27.9 Å². The number of likely N-dealkylation sites (N-methyl/N-ethyl adjacent to an activating group) is 1. The van der Waals surface area contributed by atoms with Gasteiger partial charge in [-0.1, -0.05) is 24.3 Å². The molecule has 2 aromatic rings. The molecule has 1 fully saturated rings. The van der Waals surface area contributed by atoms with Crippen molar-refractivity contribution in [1.82, 2.24) is 9.88 Å². The van der Waals surface area contributed by atoms with E-state index in [9.17, 15) is 28.8 Å². The number of H-pyrrole nitrogens is 1. The van der Waals surface area contributed by atoms with Crippen LogP contribution in [-0.2, 0) is 77.8 Å². The summed E-state index contributed by atoms with van der Waals surface area (Å²) in [6.45, 7) is 8.06. The number of benzene rings is 1. The standard InChI is InChI=1S/C38H46N2O15/c1-9-22-24(14-28-31-25(15-29(40(28)6)36(46)48-8)23-12-10-11-13-27(23)39-31)26(35(45)47-7)16-50-37(22)55-38-34(53-21(5)44)33(52-20(4)43)32(51-19(3)42)30(54-38)17-49-18(2)41/h9-13,16,22,24,28-30,32-34,37-39H,1,14-15,17H2,2-8H3. The number of carbonyl (C=O) groups is 6. The number of esters is 6. The highest BCUT2D eigenvalue weighted by atomic mass is 16.8. The predicted octanol–water partition coefficient (Wildman–Crippen LogP) is 2.56. The number of aromatic amines is 1.